The summed E-state index contributed by atoms with van der Waals surface area (Å²) in [7, 11) is 0. The van der Waals surface area contributed by atoms with E-state index in [0.29, 0.717) is 13.2 Å². The lowest BCUT2D eigenvalue weighted by atomic mass is 10.3. The summed E-state index contributed by atoms with van der Waals surface area (Å²) < 4.78 is 0. The summed E-state index contributed by atoms with van der Waals surface area (Å²) in [5, 5.41) is 15.6. The summed E-state index contributed by atoms with van der Waals surface area (Å²) in [6.45, 7) is 0.874. The molecule has 0 aliphatic carbocycles. The molecule has 0 spiro atoms. The molecule has 0 saturated carbocycles. The first-order valence-electron chi connectivity index (χ1n) is 2.91. The first kappa shape index (κ1) is 7.86. The van der Waals surface area contributed by atoms with Gasteiger partial charge in [0.05, 0.1) is 13.2 Å². The summed E-state index contributed by atoms with van der Waals surface area (Å²) in [6, 6.07) is 0. The van der Waals surface area contributed by atoms with Crippen molar-refractivity contribution in [2.45, 2.75) is 12.8 Å². The zero-order chi connectivity index (χ0) is 7.07. The van der Waals surface area contributed by atoms with Crippen LogP contribution >= 0.6 is 0 Å². The van der Waals surface area contributed by atoms with E-state index in [1.165, 1.54) is 0 Å². The average Bonchev–Trinajstić information content (AvgIpc) is 2.01. The quantitative estimate of drug-likeness (QED) is 0.470. The highest BCUT2D eigenvalue weighted by molar-refractivity contribution is 4.32. The van der Waals surface area contributed by atoms with E-state index < -0.39 is 0 Å². The van der Waals surface area contributed by atoms with Gasteiger partial charge in [-0.3, -0.25) is 0 Å². The molecular formula is C4H8O6. The molecule has 1 aliphatic heterocycles. The predicted molar refractivity (Wildman–Crippen MR) is 25.5 cm³/mol. The van der Waals surface area contributed by atoms with Crippen molar-refractivity contribution in [3.8, 4) is 0 Å². The van der Waals surface area contributed by atoms with Gasteiger partial charge in [0.15, 0.2) is 0 Å². The molecule has 1 saturated heterocycles. The molecule has 0 N–H and O–H groups in total. The lowest BCUT2D eigenvalue weighted by Crippen LogP contribution is -2.06. The molecule has 1 heterocycles. The van der Waals surface area contributed by atoms with Crippen LogP contribution in [0.1, 0.15) is 12.8 Å². The molecule has 0 amide bonds. The van der Waals surface area contributed by atoms with Gasteiger partial charge in [-0.1, -0.05) is 0 Å². The van der Waals surface area contributed by atoms with Crippen LogP contribution in [0.3, 0.4) is 0 Å². The maximum Gasteiger partial charge on any atom is 0.0855 e. The van der Waals surface area contributed by atoms with Crippen molar-refractivity contribution in [2.75, 3.05) is 13.2 Å². The molecule has 1 aliphatic rings. The number of hydrogen-bond donors (Lipinski definition) is 0. The Bertz CT molecular complexity index is 42.9. The van der Waals surface area contributed by atoms with Crippen molar-refractivity contribution in [1.29, 1.82) is 0 Å². The first-order valence-corrected chi connectivity index (χ1v) is 2.91. The SMILES string of the molecule is C1CCOOOOOOC1. The Morgan fingerprint density at radius 3 is 1.60 bits per heavy atom. The number of hydrogen-bond acceptors (Lipinski definition) is 6. The van der Waals surface area contributed by atoms with E-state index in [1.54, 1.807) is 0 Å². The second-order valence-corrected chi connectivity index (χ2v) is 1.62. The molecule has 1 fully saturated rings. The Labute approximate surface area is 57.2 Å². The van der Waals surface area contributed by atoms with Crippen LogP contribution < -0.4 is 0 Å². The minimum atomic E-state index is 0.437. The lowest BCUT2D eigenvalue weighted by molar-refractivity contribution is -0.758. The topological polar surface area (TPSA) is 55.4 Å². The highest BCUT2D eigenvalue weighted by Gasteiger charge is 1.98. The van der Waals surface area contributed by atoms with Gasteiger partial charge in [0.2, 0.25) is 0 Å². The van der Waals surface area contributed by atoms with Crippen molar-refractivity contribution >= 4 is 0 Å². The van der Waals surface area contributed by atoms with Crippen LogP contribution in [0, 0.1) is 0 Å². The molecule has 6 nitrogen and oxygen atoms in total. The third-order valence-electron chi connectivity index (χ3n) is 0.885. The molecule has 10 heavy (non-hydrogen) atoms. The van der Waals surface area contributed by atoms with Crippen molar-refractivity contribution in [1.82, 2.24) is 0 Å². The van der Waals surface area contributed by atoms with E-state index in [4.69, 9.17) is 0 Å². The normalized spacial score (nSPS) is 24.0. The molecular weight excluding hydrogens is 144 g/mol. The van der Waals surface area contributed by atoms with Crippen LogP contribution in [0.4, 0.5) is 0 Å². The Kier molecular flexibility index (Phi) is 4.35. The van der Waals surface area contributed by atoms with E-state index in [9.17, 15) is 0 Å². The average molecular weight is 152 g/mol. The van der Waals surface area contributed by atoms with Crippen LogP contribution in [-0.4, -0.2) is 13.2 Å². The van der Waals surface area contributed by atoms with Gasteiger partial charge in [0.1, 0.15) is 0 Å². The molecule has 0 radical (unpaired) electrons. The van der Waals surface area contributed by atoms with E-state index in [-0.39, 0.29) is 0 Å². The smallest absolute Gasteiger partial charge is 0.0855 e. The largest absolute Gasteiger partial charge is 0.204 e. The maximum absolute atomic E-state index is 4.43. The van der Waals surface area contributed by atoms with Gasteiger partial charge in [-0.15, -0.1) is 0 Å². The van der Waals surface area contributed by atoms with E-state index in [1.807, 2.05) is 0 Å². The van der Waals surface area contributed by atoms with Crippen LogP contribution in [0.2, 0.25) is 0 Å². The van der Waals surface area contributed by atoms with E-state index in [0.717, 1.165) is 12.8 Å². The molecule has 0 aromatic rings. The molecule has 6 heteroatoms. The van der Waals surface area contributed by atoms with Gasteiger partial charge in [-0.05, 0) is 33.0 Å². The van der Waals surface area contributed by atoms with Crippen molar-refractivity contribution < 1.29 is 29.9 Å². The van der Waals surface area contributed by atoms with Gasteiger partial charge < -0.3 is 0 Å². The van der Waals surface area contributed by atoms with Crippen LogP contribution in [0.15, 0.2) is 0 Å². The molecule has 0 unspecified atom stereocenters. The second-order valence-electron chi connectivity index (χ2n) is 1.62. The van der Waals surface area contributed by atoms with Gasteiger partial charge in [-0.25, -0.2) is 9.78 Å². The Hall–Kier alpha value is -0.240. The van der Waals surface area contributed by atoms with Crippen LogP contribution in [0.25, 0.3) is 0 Å². The van der Waals surface area contributed by atoms with Crippen molar-refractivity contribution in [3.05, 3.63) is 0 Å². The third kappa shape index (κ3) is 3.72. The minimum absolute atomic E-state index is 0.437. The molecule has 1 rings (SSSR count). The molecule has 0 atom stereocenters. The summed E-state index contributed by atoms with van der Waals surface area (Å²) in [4.78, 5) is 8.85. The molecule has 0 bridgehead atoms. The summed E-state index contributed by atoms with van der Waals surface area (Å²) >= 11 is 0. The zero-order valence-electron chi connectivity index (χ0n) is 5.28. The monoisotopic (exact) mass is 152 g/mol. The molecule has 0 aromatic carbocycles. The summed E-state index contributed by atoms with van der Waals surface area (Å²) in [5.41, 5.74) is 0. The van der Waals surface area contributed by atoms with E-state index >= 15 is 0 Å². The Balaban J connectivity index is 2.00. The molecule has 60 valence electrons. The third-order valence-corrected chi connectivity index (χ3v) is 0.885. The maximum atomic E-state index is 4.43. The standard InChI is InChI=1S/C4H8O6/c1-2-4-6-8-10-9-7-5-3-1/h1-4H2. The fourth-order valence-electron chi connectivity index (χ4n) is 0.452. The van der Waals surface area contributed by atoms with Gasteiger partial charge in [0.25, 0.3) is 0 Å². The minimum Gasteiger partial charge on any atom is -0.204 e. The summed E-state index contributed by atoms with van der Waals surface area (Å²) in [6.07, 6.45) is 1.62. The van der Waals surface area contributed by atoms with Crippen LogP contribution in [-0.2, 0) is 29.9 Å². The second kappa shape index (κ2) is 5.54. The fourth-order valence-corrected chi connectivity index (χ4v) is 0.452. The van der Waals surface area contributed by atoms with Crippen molar-refractivity contribution in [3.63, 3.8) is 0 Å². The fraction of sp³-hybridized carbons (Fsp3) is 1.00. The van der Waals surface area contributed by atoms with Gasteiger partial charge in [0, 0.05) is 0 Å². The van der Waals surface area contributed by atoms with Crippen molar-refractivity contribution in [2.24, 2.45) is 0 Å². The Morgan fingerprint density at radius 2 is 1.10 bits per heavy atom. The number of rotatable bonds is 0. The highest BCUT2D eigenvalue weighted by atomic mass is 17.8. The van der Waals surface area contributed by atoms with Gasteiger partial charge >= 0.3 is 0 Å². The molecule has 0 aromatic heterocycles. The lowest BCUT2D eigenvalue weighted by Gasteiger charge is -2.04. The zero-order valence-corrected chi connectivity index (χ0v) is 5.28. The predicted octanol–water partition coefficient (Wildman–Crippen LogP) is 0.455. The summed E-state index contributed by atoms with van der Waals surface area (Å²) in [5.74, 6) is 0. The highest BCUT2D eigenvalue weighted by Crippen LogP contribution is 1.96. The van der Waals surface area contributed by atoms with Gasteiger partial charge in [-0.2, -0.15) is 0 Å². The van der Waals surface area contributed by atoms with E-state index in [2.05, 4.69) is 29.9 Å². The van der Waals surface area contributed by atoms with Crippen LogP contribution in [0.5, 0.6) is 0 Å². The first-order chi connectivity index (χ1) is 5.00. The Morgan fingerprint density at radius 1 is 0.600 bits per heavy atom.